The minimum atomic E-state index is -0.305. The molecular weight excluding hydrogens is 731 g/mol. The summed E-state index contributed by atoms with van der Waals surface area (Å²) in [6.07, 6.45) is 1.95. The van der Waals surface area contributed by atoms with E-state index in [1.165, 1.54) is 21.9 Å². The Balaban J connectivity index is 1.00. The summed E-state index contributed by atoms with van der Waals surface area (Å²) in [6, 6.07) is 77.1. The number of hydrogen-bond donors (Lipinski definition) is 1. The fourth-order valence-electron chi connectivity index (χ4n) is 8.80. The molecule has 4 nitrogen and oxygen atoms in total. The normalized spacial score (nSPS) is 15.2. The number of rotatable bonds is 8. The third kappa shape index (κ3) is 6.50. The Kier molecular flexibility index (Phi) is 9.03. The first-order valence-corrected chi connectivity index (χ1v) is 20.5. The van der Waals surface area contributed by atoms with Crippen LogP contribution in [0, 0.1) is 0 Å². The molecule has 0 aliphatic carbocycles. The van der Waals surface area contributed by atoms with Gasteiger partial charge < -0.3 is 20.0 Å². The summed E-state index contributed by atoms with van der Waals surface area (Å²) in [6.45, 7) is 0. The van der Waals surface area contributed by atoms with Gasteiger partial charge in [0.25, 0.3) is 0 Å². The molecule has 1 aliphatic rings. The van der Waals surface area contributed by atoms with E-state index in [1.807, 2.05) is 0 Å². The summed E-state index contributed by atoms with van der Waals surface area (Å²) in [5.41, 5.74) is 14.0. The van der Waals surface area contributed by atoms with Crippen molar-refractivity contribution < 1.29 is 4.42 Å². The first-order valence-electron chi connectivity index (χ1n) is 20.5. The number of anilines is 3. The van der Waals surface area contributed by atoms with Crippen LogP contribution in [0.3, 0.4) is 0 Å². The SMILES string of the molecule is C1=C(c2ccc(-c3ccccc3)cc2)NC(c2ccccc2-c2cccc3oc4cc(N(c5ccccc5)c5cccc6ccccc56)ccc4c23)[N-]C1c1ccccc1. The van der Waals surface area contributed by atoms with Crippen molar-refractivity contribution in [2.45, 2.75) is 12.2 Å². The van der Waals surface area contributed by atoms with Gasteiger partial charge in [0.1, 0.15) is 11.2 Å². The molecule has 1 N–H and O–H groups in total. The fraction of sp³-hybridized carbons (Fsp3) is 0.0357. The van der Waals surface area contributed by atoms with Crippen LogP contribution in [0.1, 0.15) is 28.9 Å². The van der Waals surface area contributed by atoms with Gasteiger partial charge in [-0.15, -0.1) is 0 Å². The smallest absolute Gasteiger partial charge is 0.137 e. The van der Waals surface area contributed by atoms with Crippen molar-refractivity contribution in [2.75, 3.05) is 4.90 Å². The lowest BCUT2D eigenvalue weighted by atomic mass is 9.92. The maximum absolute atomic E-state index is 6.77. The molecule has 2 unspecified atom stereocenters. The van der Waals surface area contributed by atoms with Crippen LogP contribution in [0.15, 0.2) is 229 Å². The molecule has 60 heavy (non-hydrogen) atoms. The maximum Gasteiger partial charge on any atom is 0.137 e. The molecule has 11 rings (SSSR count). The number of hydrogen-bond acceptors (Lipinski definition) is 3. The van der Waals surface area contributed by atoms with Crippen LogP contribution in [0.4, 0.5) is 17.1 Å². The molecule has 0 fully saturated rings. The second kappa shape index (κ2) is 15.3. The molecule has 1 aromatic heterocycles. The summed E-state index contributed by atoms with van der Waals surface area (Å²) < 4.78 is 6.77. The molecule has 9 aromatic carbocycles. The Hall–Kier alpha value is -7.66. The summed E-state index contributed by atoms with van der Waals surface area (Å²) in [7, 11) is 0. The minimum absolute atomic E-state index is 0.132. The standard InChI is InChI=1S/C56H40N3O/c1-4-16-38(17-5-1)39-30-32-42(33-31-39)51-37-50(41-19-6-2-7-20-41)57-56(58-51)48-26-13-12-25-46(48)47-27-15-29-53-55(47)49-35-34-44(36-54(49)60-53)59(43-22-8-3-9-23-43)52-28-14-21-40-18-10-11-24-45(40)52/h1-37,50,56,58H/q-1. The first-order chi connectivity index (χ1) is 29.7. The van der Waals surface area contributed by atoms with Crippen molar-refractivity contribution in [3.8, 4) is 22.3 Å². The molecule has 0 saturated carbocycles. The maximum atomic E-state index is 6.77. The lowest BCUT2D eigenvalue weighted by Crippen LogP contribution is -2.26. The highest BCUT2D eigenvalue weighted by Gasteiger charge is 2.22. The van der Waals surface area contributed by atoms with Gasteiger partial charge in [0.2, 0.25) is 0 Å². The molecule has 0 saturated heterocycles. The van der Waals surface area contributed by atoms with E-state index >= 15 is 0 Å². The quantitative estimate of drug-likeness (QED) is 0.167. The van der Waals surface area contributed by atoms with Gasteiger partial charge >= 0.3 is 0 Å². The van der Waals surface area contributed by atoms with E-state index in [4.69, 9.17) is 9.73 Å². The monoisotopic (exact) mass is 770 g/mol. The van der Waals surface area contributed by atoms with Crippen molar-refractivity contribution in [2.24, 2.45) is 0 Å². The summed E-state index contributed by atoms with van der Waals surface area (Å²) >= 11 is 0. The van der Waals surface area contributed by atoms with Crippen LogP contribution in [0.2, 0.25) is 0 Å². The van der Waals surface area contributed by atoms with Gasteiger partial charge in [-0.1, -0.05) is 194 Å². The zero-order valence-electron chi connectivity index (χ0n) is 32.8. The molecule has 0 radical (unpaired) electrons. The van der Waals surface area contributed by atoms with Crippen LogP contribution in [-0.4, -0.2) is 0 Å². The highest BCUT2D eigenvalue weighted by molar-refractivity contribution is 6.13. The first kappa shape index (κ1) is 35.5. The third-order valence-electron chi connectivity index (χ3n) is 11.7. The third-order valence-corrected chi connectivity index (χ3v) is 11.7. The predicted octanol–water partition coefficient (Wildman–Crippen LogP) is 15.3. The van der Waals surface area contributed by atoms with Gasteiger partial charge in [0.05, 0.1) is 5.69 Å². The summed E-state index contributed by atoms with van der Waals surface area (Å²) in [5.74, 6) is 0. The highest BCUT2D eigenvalue weighted by Crippen LogP contribution is 2.46. The Morgan fingerprint density at radius 2 is 1.12 bits per heavy atom. The Morgan fingerprint density at radius 3 is 1.95 bits per heavy atom. The van der Waals surface area contributed by atoms with Gasteiger partial charge in [0.15, 0.2) is 0 Å². The molecule has 10 aromatic rings. The van der Waals surface area contributed by atoms with E-state index in [1.54, 1.807) is 0 Å². The lowest BCUT2D eigenvalue weighted by Gasteiger charge is -2.45. The van der Waals surface area contributed by atoms with Crippen LogP contribution in [0.5, 0.6) is 0 Å². The van der Waals surface area contributed by atoms with Crippen molar-refractivity contribution in [3.63, 3.8) is 0 Å². The molecule has 4 heteroatoms. The van der Waals surface area contributed by atoms with Gasteiger partial charge in [-0.3, -0.25) is 0 Å². The number of para-hydroxylation sites is 1. The van der Waals surface area contributed by atoms with E-state index in [-0.39, 0.29) is 12.2 Å². The van der Waals surface area contributed by atoms with E-state index in [0.717, 1.165) is 72.5 Å². The van der Waals surface area contributed by atoms with Crippen LogP contribution in [0.25, 0.3) is 66.0 Å². The largest absolute Gasteiger partial charge is 0.629 e. The second-order valence-corrected chi connectivity index (χ2v) is 15.3. The zero-order chi connectivity index (χ0) is 39.8. The topological polar surface area (TPSA) is 42.5 Å². The number of furan rings is 1. The molecule has 2 heterocycles. The van der Waals surface area contributed by atoms with Gasteiger partial charge in [-0.25, -0.2) is 0 Å². The molecular formula is C56H40N3O-. The number of benzene rings is 9. The zero-order valence-corrected chi connectivity index (χ0v) is 32.8. The second-order valence-electron chi connectivity index (χ2n) is 15.3. The van der Waals surface area contributed by atoms with E-state index in [9.17, 15) is 0 Å². The molecule has 286 valence electrons. The number of nitrogens with one attached hydrogen (secondary N) is 1. The van der Waals surface area contributed by atoms with Crippen LogP contribution >= 0.6 is 0 Å². The number of nitrogens with zero attached hydrogens (tertiary/aromatic N) is 2. The van der Waals surface area contributed by atoms with E-state index < -0.39 is 0 Å². The Bertz CT molecular complexity index is 3150. The lowest BCUT2D eigenvalue weighted by molar-refractivity contribution is 0.665. The van der Waals surface area contributed by atoms with Crippen molar-refractivity contribution >= 4 is 55.5 Å². The molecule has 0 spiro atoms. The molecule has 0 bridgehead atoms. The van der Waals surface area contributed by atoms with E-state index in [2.05, 4.69) is 235 Å². The minimum Gasteiger partial charge on any atom is -0.629 e. The van der Waals surface area contributed by atoms with Crippen molar-refractivity contribution in [3.05, 3.63) is 246 Å². The summed E-state index contributed by atoms with van der Waals surface area (Å²) in [5, 5.41) is 13.9. The van der Waals surface area contributed by atoms with E-state index in [0.29, 0.717) is 0 Å². The number of fused-ring (bicyclic) bond motifs is 4. The average molecular weight is 771 g/mol. The van der Waals surface area contributed by atoms with Crippen molar-refractivity contribution in [1.29, 1.82) is 0 Å². The molecule has 2 atom stereocenters. The molecule has 0 amide bonds. The summed E-state index contributed by atoms with van der Waals surface area (Å²) in [4.78, 5) is 2.32. The average Bonchev–Trinajstić information content (AvgIpc) is 3.71. The van der Waals surface area contributed by atoms with Gasteiger partial charge in [-0.2, -0.15) is 0 Å². The van der Waals surface area contributed by atoms with Gasteiger partial charge in [0, 0.05) is 39.3 Å². The predicted molar refractivity (Wildman–Crippen MR) is 250 cm³/mol. The highest BCUT2D eigenvalue weighted by atomic mass is 16.3. The van der Waals surface area contributed by atoms with Crippen LogP contribution < -0.4 is 10.2 Å². The van der Waals surface area contributed by atoms with Crippen molar-refractivity contribution in [1.82, 2.24) is 5.32 Å². The van der Waals surface area contributed by atoms with Crippen LogP contribution in [-0.2, 0) is 0 Å². The fourth-order valence-corrected chi connectivity index (χ4v) is 8.80. The molecule has 1 aliphatic heterocycles. The Morgan fingerprint density at radius 1 is 0.467 bits per heavy atom. The Labute approximate surface area is 349 Å². The van der Waals surface area contributed by atoms with Gasteiger partial charge in [-0.05, 0) is 81.3 Å².